The fourth-order valence-corrected chi connectivity index (χ4v) is 6.52. The Labute approximate surface area is 228 Å². The molecule has 0 fully saturated rings. The van der Waals surface area contributed by atoms with E-state index in [0.29, 0.717) is 0 Å². The van der Waals surface area contributed by atoms with Crippen LogP contribution in [0.5, 0.6) is 0 Å². The molecule has 0 saturated carbocycles. The minimum atomic E-state index is 0.964. The van der Waals surface area contributed by atoms with Crippen LogP contribution in [0.4, 0.5) is 0 Å². The fraction of sp³-hybridized carbons (Fsp3) is 0. The first-order valence-electron chi connectivity index (χ1n) is 13.4. The molecule has 0 atom stereocenters. The lowest BCUT2D eigenvalue weighted by Gasteiger charge is -2.14. The molecule has 0 spiro atoms. The van der Waals surface area contributed by atoms with E-state index in [9.17, 15) is 0 Å². The third kappa shape index (κ3) is 2.73. The number of aromatic nitrogens is 5. The molecule has 186 valence electrons. The van der Waals surface area contributed by atoms with Crippen LogP contribution < -0.4 is 0 Å². The second-order valence-electron chi connectivity index (χ2n) is 10.1. The lowest BCUT2D eigenvalue weighted by molar-refractivity contribution is 1.15. The molecule has 0 unspecified atom stereocenters. The van der Waals surface area contributed by atoms with Crippen LogP contribution >= 0.6 is 0 Å². The van der Waals surface area contributed by atoms with Crippen LogP contribution in [0.3, 0.4) is 0 Å². The van der Waals surface area contributed by atoms with Crippen molar-refractivity contribution in [3.05, 3.63) is 128 Å². The molecule has 0 aliphatic carbocycles. The second-order valence-corrected chi connectivity index (χ2v) is 10.1. The van der Waals surface area contributed by atoms with E-state index in [2.05, 4.69) is 122 Å². The third-order valence-corrected chi connectivity index (χ3v) is 8.07. The lowest BCUT2D eigenvalue weighted by Crippen LogP contribution is -2.00. The van der Waals surface area contributed by atoms with Gasteiger partial charge in [-0.1, -0.05) is 72.8 Å². The zero-order chi connectivity index (χ0) is 26.2. The Morgan fingerprint density at radius 1 is 0.500 bits per heavy atom. The van der Waals surface area contributed by atoms with Crippen molar-refractivity contribution in [3.8, 4) is 11.4 Å². The summed E-state index contributed by atoms with van der Waals surface area (Å²) in [5, 5.41) is 6.78. The molecule has 4 heterocycles. The quantitative estimate of drug-likeness (QED) is 0.234. The summed E-state index contributed by atoms with van der Waals surface area (Å²) in [4.78, 5) is 14.1. The molecular formula is C35H21N5. The summed E-state index contributed by atoms with van der Waals surface area (Å²) >= 11 is 0. The van der Waals surface area contributed by atoms with Gasteiger partial charge in [0.1, 0.15) is 6.33 Å². The molecule has 0 N–H and O–H groups in total. The molecule has 5 heteroatoms. The van der Waals surface area contributed by atoms with Crippen LogP contribution in [-0.2, 0) is 0 Å². The van der Waals surface area contributed by atoms with Crippen molar-refractivity contribution >= 4 is 65.4 Å². The van der Waals surface area contributed by atoms with E-state index in [0.717, 1.165) is 66.0 Å². The lowest BCUT2D eigenvalue weighted by atomic mass is 10.0. The molecule has 9 rings (SSSR count). The molecule has 5 aromatic carbocycles. The van der Waals surface area contributed by atoms with Gasteiger partial charge in [0.2, 0.25) is 0 Å². The average molecular weight is 512 g/mol. The number of pyridine rings is 1. The van der Waals surface area contributed by atoms with E-state index in [1.807, 2.05) is 18.5 Å². The number of rotatable bonds is 2. The van der Waals surface area contributed by atoms with Gasteiger partial charge in [-0.05, 0) is 36.4 Å². The number of fused-ring (bicyclic) bond motifs is 11. The zero-order valence-electron chi connectivity index (χ0n) is 21.4. The number of nitrogens with zero attached hydrogens (tertiary/aromatic N) is 5. The average Bonchev–Trinajstić information content (AvgIpc) is 3.55. The summed E-state index contributed by atoms with van der Waals surface area (Å²) in [6.07, 6.45) is 5.55. The van der Waals surface area contributed by atoms with Gasteiger partial charge in [-0.15, -0.1) is 0 Å². The van der Waals surface area contributed by atoms with E-state index in [-0.39, 0.29) is 0 Å². The van der Waals surface area contributed by atoms with Crippen molar-refractivity contribution in [2.45, 2.75) is 0 Å². The van der Waals surface area contributed by atoms with E-state index in [1.165, 1.54) is 10.8 Å². The van der Waals surface area contributed by atoms with Crippen molar-refractivity contribution < 1.29 is 0 Å². The monoisotopic (exact) mass is 511 g/mol. The molecule has 0 amide bonds. The van der Waals surface area contributed by atoms with E-state index in [4.69, 9.17) is 4.98 Å². The summed E-state index contributed by atoms with van der Waals surface area (Å²) in [5.74, 6) is 0. The molecule has 0 aliphatic rings. The molecular weight excluding hydrogens is 490 g/mol. The van der Waals surface area contributed by atoms with Crippen molar-refractivity contribution in [1.82, 2.24) is 24.1 Å². The topological polar surface area (TPSA) is 48.5 Å². The van der Waals surface area contributed by atoms with Crippen LogP contribution in [0.1, 0.15) is 0 Å². The van der Waals surface area contributed by atoms with Gasteiger partial charge in [-0.25, -0.2) is 9.97 Å². The van der Waals surface area contributed by atoms with Gasteiger partial charge < -0.3 is 9.13 Å². The maximum absolute atomic E-state index is 4.91. The Kier molecular flexibility index (Phi) is 4.27. The highest BCUT2D eigenvalue weighted by Gasteiger charge is 2.25. The minimum absolute atomic E-state index is 0.964. The maximum atomic E-state index is 4.91. The fourth-order valence-electron chi connectivity index (χ4n) is 6.52. The molecule has 4 aromatic heterocycles. The zero-order valence-corrected chi connectivity index (χ0v) is 21.4. The second kappa shape index (κ2) is 7.98. The molecule has 5 nitrogen and oxygen atoms in total. The van der Waals surface area contributed by atoms with Crippen molar-refractivity contribution in [3.63, 3.8) is 0 Å². The molecule has 40 heavy (non-hydrogen) atoms. The summed E-state index contributed by atoms with van der Waals surface area (Å²) in [5.41, 5.74) is 8.68. The van der Waals surface area contributed by atoms with E-state index in [1.54, 1.807) is 6.33 Å². The van der Waals surface area contributed by atoms with Gasteiger partial charge in [-0.2, -0.15) is 0 Å². The van der Waals surface area contributed by atoms with Crippen LogP contribution in [0.25, 0.3) is 76.8 Å². The Morgan fingerprint density at radius 3 is 1.98 bits per heavy atom. The number of hydrogen-bond donors (Lipinski definition) is 0. The summed E-state index contributed by atoms with van der Waals surface area (Å²) in [7, 11) is 0. The normalized spacial score (nSPS) is 12.0. The van der Waals surface area contributed by atoms with E-state index < -0.39 is 0 Å². The Bertz CT molecular complexity index is 2430. The number of hydrogen-bond acceptors (Lipinski definition) is 3. The summed E-state index contributed by atoms with van der Waals surface area (Å²) < 4.78 is 4.81. The number of para-hydroxylation sites is 4. The summed E-state index contributed by atoms with van der Waals surface area (Å²) in [6, 6.07) is 38.4. The first kappa shape index (κ1) is 21.4. The minimum Gasteiger partial charge on any atom is -0.307 e. The standard InChI is InChI=1S/C35H21N5/c1-2-10-22(11-3-1)39-28-16-8-6-14-25(28)32-33-26(20-36-21-38-33)31-24-13-5-9-17-29(24)40(34(31)35(32)39)30-18-19-37-27-15-7-4-12-23(27)30/h1-21H. The Balaban J connectivity index is 1.67. The highest BCUT2D eigenvalue weighted by Crippen LogP contribution is 2.46. The van der Waals surface area contributed by atoms with E-state index >= 15 is 0 Å². The highest BCUT2D eigenvalue weighted by molar-refractivity contribution is 6.35. The van der Waals surface area contributed by atoms with Crippen molar-refractivity contribution in [2.24, 2.45) is 0 Å². The number of benzene rings is 5. The van der Waals surface area contributed by atoms with Crippen LogP contribution in [0, 0.1) is 0 Å². The van der Waals surface area contributed by atoms with Crippen LogP contribution in [0.2, 0.25) is 0 Å². The highest BCUT2D eigenvalue weighted by atomic mass is 15.1. The molecule has 9 aromatic rings. The molecule has 0 aliphatic heterocycles. The van der Waals surface area contributed by atoms with Gasteiger partial charge in [0.25, 0.3) is 0 Å². The van der Waals surface area contributed by atoms with Gasteiger partial charge in [0.05, 0.1) is 38.8 Å². The molecule has 0 bridgehead atoms. The largest absolute Gasteiger partial charge is 0.307 e. The first-order chi connectivity index (χ1) is 19.9. The predicted octanol–water partition coefficient (Wildman–Crippen LogP) is 8.37. The van der Waals surface area contributed by atoms with Crippen LogP contribution in [0.15, 0.2) is 128 Å². The maximum Gasteiger partial charge on any atom is 0.116 e. The Hall–Kier alpha value is -5.55. The SMILES string of the molecule is c1ccc(-n2c3ccccc3c3c4ncncc4c4c5ccccc5n(-c5ccnc6ccccc56)c4c32)cc1. The molecule has 0 radical (unpaired) electrons. The molecule has 0 saturated heterocycles. The smallest absolute Gasteiger partial charge is 0.116 e. The van der Waals surface area contributed by atoms with Crippen molar-refractivity contribution in [1.29, 1.82) is 0 Å². The third-order valence-electron chi connectivity index (χ3n) is 8.07. The summed E-state index contributed by atoms with van der Waals surface area (Å²) in [6.45, 7) is 0. The Morgan fingerprint density at radius 2 is 1.15 bits per heavy atom. The van der Waals surface area contributed by atoms with Gasteiger partial charge in [-0.3, -0.25) is 4.98 Å². The predicted molar refractivity (Wildman–Crippen MR) is 164 cm³/mol. The van der Waals surface area contributed by atoms with Gasteiger partial charge in [0.15, 0.2) is 0 Å². The van der Waals surface area contributed by atoms with Crippen LogP contribution in [-0.4, -0.2) is 24.1 Å². The van der Waals surface area contributed by atoms with Crippen molar-refractivity contribution in [2.75, 3.05) is 0 Å². The first-order valence-corrected chi connectivity index (χ1v) is 13.4. The van der Waals surface area contributed by atoms with Gasteiger partial charge in [0, 0.05) is 50.4 Å². The van der Waals surface area contributed by atoms with Gasteiger partial charge >= 0.3 is 0 Å².